The molecular weight excluding hydrogens is 246 g/mol. The van der Waals surface area contributed by atoms with Crippen molar-refractivity contribution in [3.8, 4) is 5.75 Å². The molecule has 5 nitrogen and oxygen atoms in total. The molecule has 1 aromatic rings. The normalized spacial score (nSPS) is 11.7. The fourth-order valence-corrected chi connectivity index (χ4v) is 1.57. The molecule has 0 aliphatic heterocycles. The summed E-state index contributed by atoms with van der Waals surface area (Å²) in [5.41, 5.74) is 0.757. The van der Waals surface area contributed by atoms with Crippen molar-refractivity contribution in [2.45, 2.75) is 33.2 Å². The van der Waals surface area contributed by atoms with Crippen LogP contribution in [0.15, 0.2) is 18.2 Å². The Bertz CT molecular complexity index is 471. The van der Waals surface area contributed by atoms with Crippen LogP contribution in [0.3, 0.4) is 0 Å². The minimum atomic E-state index is -1.07. The molecule has 1 aromatic carbocycles. The fraction of sp³-hybridized carbons (Fsp3) is 0.429. The van der Waals surface area contributed by atoms with E-state index in [0.717, 1.165) is 6.42 Å². The highest BCUT2D eigenvalue weighted by Gasteiger charge is 2.15. The molecule has 0 heterocycles. The molecule has 0 unspecified atom stereocenters. The van der Waals surface area contributed by atoms with Crippen LogP contribution in [-0.2, 0) is 4.79 Å². The van der Waals surface area contributed by atoms with Crippen LogP contribution in [0.5, 0.6) is 5.75 Å². The Morgan fingerprint density at radius 2 is 2.11 bits per heavy atom. The van der Waals surface area contributed by atoms with E-state index in [9.17, 15) is 9.59 Å². The largest absolute Gasteiger partial charge is 0.483 e. The third-order valence-corrected chi connectivity index (χ3v) is 2.81. The van der Waals surface area contributed by atoms with Gasteiger partial charge in [-0.3, -0.25) is 4.79 Å². The van der Waals surface area contributed by atoms with Gasteiger partial charge in [-0.05, 0) is 31.9 Å². The smallest absolute Gasteiger partial charge is 0.339 e. The molecule has 0 radical (unpaired) electrons. The number of carboxylic acid groups (broad SMARTS) is 1. The lowest BCUT2D eigenvalue weighted by Crippen LogP contribution is -2.35. The van der Waals surface area contributed by atoms with Gasteiger partial charge in [-0.15, -0.1) is 0 Å². The number of carbonyl (C=O) groups is 2. The summed E-state index contributed by atoms with van der Waals surface area (Å²) in [4.78, 5) is 22.7. The molecule has 104 valence electrons. The van der Waals surface area contributed by atoms with E-state index < -0.39 is 5.97 Å². The second kappa shape index (κ2) is 6.78. The predicted molar refractivity (Wildman–Crippen MR) is 71.5 cm³/mol. The van der Waals surface area contributed by atoms with E-state index in [-0.39, 0.29) is 29.9 Å². The molecule has 1 rings (SSSR count). The Labute approximate surface area is 112 Å². The van der Waals surface area contributed by atoms with Gasteiger partial charge in [-0.1, -0.05) is 19.1 Å². The highest BCUT2D eigenvalue weighted by molar-refractivity contribution is 5.91. The lowest BCUT2D eigenvalue weighted by atomic mass is 10.1. The summed E-state index contributed by atoms with van der Waals surface area (Å²) in [6.45, 7) is 5.42. The number of rotatable bonds is 6. The highest BCUT2D eigenvalue weighted by Crippen LogP contribution is 2.23. The molecule has 1 atom stereocenters. The number of ether oxygens (including phenoxy) is 1. The molecule has 19 heavy (non-hydrogen) atoms. The zero-order valence-electron chi connectivity index (χ0n) is 11.4. The number of nitrogens with one attached hydrogen (secondary N) is 1. The maximum Gasteiger partial charge on any atom is 0.339 e. The Balaban J connectivity index is 2.72. The third-order valence-electron chi connectivity index (χ3n) is 2.81. The summed E-state index contributed by atoms with van der Waals surface area (Å²) in [5.74, 6) is -1.08. The van der Waals surface area contributed by atoms with Crippen molar-refractivity contribution < 1.29 is 19.4 Å². The Hall–Kier alpha value is -2.04. The van der Waals surface area contributed by atoms with Crippen LogP contribution in [0.25, 0.3) is 0 Å². The standard InChI is InChI=1S/C14H19NO4/c1-4-10(3)15-12(16)8-19-13-9(2)6-5-7-11(13)14(17)18/h5-7,10H,4,8H2,1-3H3,(H,15,16)(H,17,18)/t10-/m1/s1. The molecule has 0 spiro atoms. The van der Waals surface area contributed by atoms with Crippen LogP contribution in [0.1, 0.15) is 36.2 Å². The zero-order valence-corrected chi connectivity index (χ0v) is 11.4. The van der Waals surface area contributed by atoms with Gasteiger partial charge >= 0.3 is 5.97 Å². The van der Waals surface area contributed by atoms with Gasteiger partial charge in [0.15, 0.2) is 6.61 Å². The van der Waals surface area contributed by atoms with E-state index in [0.29, 0.717) is 5.56 Å². The molecule has 0 aliphatic rings. The Kier molecular flexibility index (Phi) is 5.36. The molecule has 0 aliphatic carbocycles. The minimum absolute atomic E-state index is 0.0661. The van der Waals surface area contributed by atoms with Gasteiger partial charge < -0.3 is 15.2 Å². The first kappa shape index (κ1) is 15.0. The molecule has 5 heteroatoms. The minimum Gasteiger partial charge on any atom is -0.483 e. The second-order valence-electron chi connectivity index (χ2n) is 4.42. The summed E-state index contributed by atoms with van der Waals surface area (Å²) >= 11 is 0. The van der Waals surface area contributed by atoms with Crippen molar-refractivity contribution in [3.63, 3.8) is 0 Å². The molecule has 2 N–H and O–H groups in total. The van der Waals surface area contributed by atoms with Crippen molar-refractivity contribution in [1.29, 1.82) is 0 Å². The van der Waals surface area contributed by atoms with Crippen LogP contribution in [0.2, 0.25) is 0 Å². The van der Waals surface area contributed by atoms with E-state index in [1.807, 2.05) is 13.8 Å². The Morgan fingerprint density at radius 1 is 1.42 bits per heavy atom. The SMILES string of the molecule is CC[C@@H](C)NC(=O)COc1c(C)cccc1C(=O)O. The lowest BCUT2D eigenvalue weighted by molar-refractivity contribution is -0.123. The average Bonchev–Trinajstić information content (AvgIpc) is 2.36. The summed E-state index contributed by atoms with van der Waals surface area (Å²) in [7, 11) is 0. The van der Waals surface area contributed by atoms with Gasteiger partial charge in [0.25, 0.3) is 5.91 Å². The van der Waals surface area contributed by atoms with Crippen molar-refractivity contribution in [1.82, 2.24) is 5.32 Å². The molecule has 0 aromatic heterocycles. The van der Waals surface area contributed by atoms with Crippen molar-refractivity contribution >= 4 is 11.9 Å². The van der Waals surface area contributed by atoms with Gasteiger partial charge in [0.1, 0.15) is 11.3 Å². The summed E-state index contributed by atoms with van der Waals surface area (Å²) in [5, 5.41) is 11.8. The van der Waals surface area contributed by atoms with Crippen LogP contribution < -0.4 is 10.1 Å². The zero-order chi connectivity index (χ0) is 14.4. The van der Waals surface area contributed by atoms with E-state index in [1.54, 1.807) is 19.1 Å². The van der Waals surface area contributed by atoms with Gasteiger partial charge in [0.2, 0.25) is 0 Å². The number of aromatic carboxylic acids is 1. The first-order valence-electron chi connectivity index (χ1n) is 6.20. The van der Waals surface area contributed by atoms with Gasteiger partial charge in [0.05, 0.1) is 0 Å². The topological polar surface area (TPSA) is 75.6 Å². The summed E-state index contributed by atoms with van der Waals surface area (Å²) < 4.78 is 5.34. The predicted octanol–water partition coefficient (Wildman–Crippen LogP) is 1.99. The van der Waals surface area contributed by atoms with Gasteiger partial charge in [-0.25, -0.2) is 4.79 Å². The first-order valence-corrected chi connectivity index (χ1v) is 6.20. The maximum absolute atomic E-state index is 11.6. The van der Waals surface area contributed by atoms with E-state index in [1.165, 1.54) is 6.07 Å². The number of benzene rings is 1. The summed E-state index contributed by atoms with van der Waals surface area (Å²) in [6.07, 6.45) is 0.830. The lowest BCUT2D eigenvalue weighted by Gasteiger charge is -2.14. The number of amides is 1. The van der Waals surface area contributed by atoms with Gasteiger partial charge in [0, 0.05) is 6.04 Å². The van der Waals surface area contributed by atoms with Crippen molar-refractivity contribution in [2.24, 2.45) is 0 Å². The Morgan fingerprint density at radius 3 is 2.68 bits per heavy atom. The third kappa shape index (κ3) is 4.28. The van der Waals surface area contributed by atoms with Crippen LogP contribution in [-0.4, -0.2) is 29.6 Å². The van der Waals surface area contributed by atoms with Gasteiger partial charge in [-0.2, -0.15) is 0 Å². The van der Waals surface area contributed by atoms with Crippen LogP contribution in [0.4, 0.5) is 0 Å². The molecule has 0 bridgehead atoms. The number of carboxylic acids is 1. The monoisotopic (exact) mass is 265 g/mol. The molecule has 0 saturated heterocycles. The van der Waals surface area contributed by atoms with Crippen LogP contribution in [0, 0.1) is 6.92 Å². The number of aryl methyl sites for hydroxylation is 1. The highest BCUT2D eigenvalue weighted by atomic mass is 16.5. The molecule has 1 amide bonds. The van der Waals surface area contributed by atoms with E-state index >= 15 is 0 Å². The molecular formula is C14H19NO4. The number of hydrogen-bond acceptors (Lipinski definition) is 3. The molecule has 0 saturated carbocycles. The first-order chi connectivity index (χ1) is 8.95. The van der Waals surface area contributed by atoms with Crippen molar-refractivity contribution in [3.05, 3.63) is 29.3 Å². The quantitative estimate of drug-likeness (QED) is 0.824. The number of para-hydroxylation sites is 1. The number of hydrogen-bond donors (Lipinski definition) is 2. The number of carbonyl (C=O) groups excluding carboxylic acids is 1. The van der Waals surface area contributed by atoms with E-state index in [2.05, 4.69) is 5.32 Å². The second-order valence-corrected chi connectivity index (χ2v) is 4.42. The van der Waals surface area contributed by atoms with Crippen LogP contribution >= 0.6 is 0 Å². The van der Waals surface area contributed by atoms with E-state index in [4.69, 9.17) is 9.84 Å². The van der Waals surface area contributed by atoms with Crippen molar-refractivity contribution in [2.75, 3.05) is 6.61 Å². The fourth-order valence-electron chi connectivity index (χ4n) is 1.57. The molecule has 0 fully saturated rings. The average molecular weight is 265 g/mol. The maximum atomic E-state index is 11.6. The summed E-state index contributed by atoms with van der Waals surface area (Å²) in [6, 6.07) is 4.92.